The van der Waals surface area contributed by atoms with Gasteiger partial charge in [0.1, 0.15) is 5.82 Å². The Labute approximate surface area is 140 Å². The zero-order chi connectivity index (χ0) is 17.2. The second-order valence-corrected chi connectivity index (χ2v) is 6.28. The molecule has 1 amide bonds. The van der Waals surface area contributed by atoms with Gasteiger partial charge in [-0.05, 0) is 42.7 Å². The lowest BCUT2D eigenvalue weighted by Crippen LogP contribution is -2.43. The fourth-order valence-corrected chi connectivity index (χ4v) is 2.99. The van der Waals surface area contributed by atoms with E-state index in [4.69, 9.17) is 0 Å². The number of hydrogen-bond donors (Lipinski definition) is 2. The lowest BCUT2D eigenvalue weighted by Gasteiger charge is -2.30. The summed E-state index contributed by atoms with van der Waals surface area (Å²) in [6.45, 7) is 4.07. The van der Waals surface area contributed by atoms with Gasteiger partial charge in [-0.1, -0.05) is 37.3 Å². The number of rotatable bonds is 5. The van der Waals surface area contributed by atoms with Crippen LogP contribution in [0.3, 0.4) is 0 Å². The molecule has 0 spiro atoms. The van der Waals surface area contributed by atoms with Crippen LogP contribution in [-0.2, 0) is 16.8 Å². The van der Waals surface area contributed by atoms with Crippen LogP contribution in [0.25, 0.3) is 10.9 Å². The quantitative estimate of drug-likeness (QED) is 0.722. The highest BCUT2D eigenvalue weighted by atomic mass is 19.1. The summed E-state index contributed by atoms with van der Waals surface area (Å²) in [5.74, 6) is -0.375. The van der Waals surface area contributed by atoms with Crippen molar-refractivity contribution < 1.29 is 9.18 Å². The summed E-state index contributed by atoms with van der Waals surface area (Å²) in [6.07, 6.45) is 2.77. The van der Waals surface area contributed by atoms with Gasteiger partial charge in [-0.15, -0.1) is 0 Å². The Kier molecular flexibility index (Phi) is 4.38. The van der Waals surface area contributed by atoms with Crippen LogP contribution < -0.4 is 5.32 Å². The first-order valence-electron chi connectivity index (χ1n) is 8.14. The van der Waals surface area contributed by atoms with Crippen molar-refractivity contribution in [3.05, 3.63) is 71.7 Å². The number of amides is 1. The number of benzene rings is 2. The number of aromatic amines is 1. The average Bonchev–Trinajstić information content (AvgIpc) is 2.97. The van der Waals surface area contributed by atoms with Crippen LogP contribution in [-0.4, -0.2) is 10.9 Å². The van der Waals surface area contributed by atoms with Crippen LogP contribution in [0.1, 0.15) is 31.4 Å². The lowest BCUT2D eigenvalue weighted by atomic mass is 9.89. The summed E-state index contributed by atoms with van der Waals surface area (Å²) in [5.41, 5.74) is 2.29. The number of hydrogen-bond acceptors (Lipinski definition) is 1. The van der Waals surface area contributed by atoms with Crippen LogP contribution in [0, 0.1) is 5.82 Å². The summed E-state index contributed by atoms with van der Waals surface area (Å²) in [6, 6.07) is 14.5. The van der Waals surface area contributed by atoms with Crippen LogP contribution >= 0.6 is 0 Å². The van der Waals surface area contributed by atoms with E-state index in [-0.39, 0.29) is 18.1 Å². The SMILES string of the molecule is CCC(C)(NC(=O)Cc1c[nH]c2ccc(F)cc12)c1ccccc1. The molecule has 24 heavy (non-hydrogen) atoms. The molecule has 0 aliphatic rings. The summed E-state index contributed by atoms with van der Waals surface area (Å²) in [7, 11) is 0. The predicted molar refractivity (Wildman–Crippen MR) is 94.2 cm³/mol. The largest absolute Gasteiger partial charge is 0.361 e. The molecule has 0 aliphatic carbocycles. The molecule has 1 unspecified atom stereocenters. The Morgan fingerprint density at radius 1 is 1.21 bits per heavy atom. The van der Waals surface area contributed by atoms with E-state index in [0.29, 0.717) is 0 Å². The Hall–Kier alpha value is -2.62. The van der Waals surface area contributed by atoms with Crippen molar-refractivity contribution in [3.63, 3.8) is 0 Å². The van der Waals surface area contributed by atoms with Crippen molar-refractivity contribution in [1.29, 1.82) is 0 Å². The lowest BCUT2D eigenvalue weighted by molar-refractivity contribution is -0.122. The second-order valence-electron chi connectivity index (χ2n) is 6.28. The molecule has 3 nitrogen and oxygen atoms in total. The van der Waals surface area contributed by atoms with Crippen LogP contribution in [0.2, 0.25) is 0 Å². The van der Waals surface area contributed by atoms with E-state index in [1.807, 2.05) is 44.2 Å². The molecule has 124 valence electrons. The minimum atomic E-state index is -0.421. The Morgan fingerprint density at radius 3 is 2.67 bits per heavy atom. The minimum Gasteiger partial charge on any atom is -0.361 e. The predicted octanol–water partition coefficient (Wildman–Crippen LogP) is 4.29. The fourth-order valence-electron chi connectivity index (χ4n) is 2.99. The van der Waals surface area contributed by atoms with Gasteiger partial charge in [0.25, 0.3) is 0 Å². The topological polar surface area (TPSA) is 44.9 Å². The summed E-state index contributed by atoms with van der Waals surface area (Å²) in [5, 5.41) is 3.88. The molecule has 0 saturated carbocycles. The molecule has 3 aromatic rings. The highest BCUT2D eigenvalue weighted by Gasteiger charge is 2.26. The zero-order valence-corrected chi connectivity index (χ0v) is 13.9. The summed E-state index contributed by atoms with van der Waals surface area (Å²) < 4.78 is 13.5. The molecule has 0 bridgehead atoms. The van der Waals surface area contributed by atoms with E-state index in [1.54, 1.807) is 12.3 Å². The van der Waals surface area contributed by atoms with Gasteiger partial charge in [-0.3, -0.25) is 4.79 Å². The maximum atomic E-state index is 13.5. The van der Waals surface area contributed by atoms with Gasteiger partial charge >= 0.3 is 0 Å². The first-order valence-corrected chi connectivity index (χ1v) is 8.14. The first-order chi connectivity index (χ1) is 11.5. The average molecular weight is 324 g/mol. The number of halogens is 1. The van der Waals surface area contributed by atoms with Crippen molar-refractivity contribution in [2.24, 2.45) is 0 Å². The zero-order valence-electron chi connectivity index (χ0n) is 13.9. The third-order valence-corrected chi connectivity index (χ3v) is 4.61. The molecule has 1 heterocycles. The number of carbonyl (C=O) groups excluding carboxylic acids is 1. The number of H-pyrrole nitrogens is 1. The van der Waals surface area contributed by atoms with E-state index in [9.17, 15) is 9.18 Å². The van der Waals surface area contributed by atoms with Crippen LogP contribution in [0.15, 0.2) is 54.7 Å². The molecule has 0 saturated heterocycles. The number of fused-ring (bicyclic) bond motifs is 1. The molecule has 0 radical (unpaired) electrons. The monoisotopic (exact) mass is 324 g/mol. The van der Waals surface area contributed by atoms with E-state index >= 15 is 0 Å². The van der Waals surface area contributed by atoms with Crippen molar-refractivity contribution in [2.45, 2.75) is 32.2 Å². The molecule has 2 aromatic carbocycles. The van der Waals surface area contributed by atoms with Crippen LogP contribution in [0.5, 0.6) is 0 Å². The summed E-state index contributed by atoms with van der Waals surface area (Å²) >= 11 is 0. The Balaban J connectivity index is 1.80. The molecule has 0 aliphatic heterocycles. The van der Waals surface area contributed by atoms with Gasteiger partial charge in [0, 0.05) is 17.1 Å². The normalized spacial score (nSPS) is 13.6. The van der Waals surface area contributed by atoms with Gasteiger partial charge < -0.3 is 10.3 Å². The smallest absolute Gasteiger partial charge is 0.225 e. The molecular formula is C20H21FN2O. The van der Waals surface area contributed by atoms with E-state index in [0.717, 1.165) is 28.5 Å². The molecular weight excluding hydrogens is 303 g/mol. The number of nitrogens with one attached hydrogen (secondary N) is 2. The van der Waals surface area contributed by atoms with Gasteiger partial charge in [0.15, 0.2) is 0 Å². The second kappa shape index (κ2) is 6.48. The number of aromatic nitrogens is 1. The van der Waals surface area contributed by atoms with Crippen molar-refractivity contribution >= 4 is 16.8 Å². The molecule has 4 heteroatoms. The molecule has 2 N–H and O–H groups in total. The van der Waals surface area contributed by atoms with Crippen molar-refractivity contribution in [3.8, 4) is 0 Å². The molecule has 1 atom stereocenters. The van der Waals surface area contributed by atoms with Crippen molar-refractivity contribution in [2.75, 3.05) is 0 Å². The number of carbonyl (C=O) groups is 1. The minimum absolute atomic E-state index is 0.0756. The molecule has 1 aromatic heterocycles. The maximum Gasteiger partial charge on any atom is 0.225 e. The first kappa shape index (κ1) is 16.2. The van der Waals surface area contributed by atoms with Gasteiger partial charge in [0.2, 0.25) is 5.91 Å². The molecule has 3 rings (SSSR count). The molecule has 0 fully saturated rings. The van der Waals surface area contributed by atoms with Gasteiger partial charge in [0.05, 0.1) is 12.0 Å². The maximum absolute atomic E-state index is 13.5. The van der Waals surface area contributed by atoms with E-state index in [1.165, 1.54) is 12.1 Å². The van der Waals surface area contributed by atoms with Gasteiger partial charge in [-0.2, -0.15) is 0 Å². The van der Waals surface area contributed by atoms with E-state index < -0.39 is 5.54 Å². The Morgan fingerprint density at radius 2 is 1.96 bits per heavy atom. The third-order valence-electron chi connectivity index (χ3n) is 4.61. The highest BCUT2D eigenvalue weighted by Crippen LogP contribution is 2.25. The van der Waals surface area contributed by atoms with Gasteiger partial charge in [-0.25, -0.2) is 4.39 Å². The standard InChI is InChI=1S/C20H21FN2O/c1-3-20(2,15-7-5-4-6-8-15)23-19(24)11-14-13-22-18-10-9-16(21)12-17(14)18/h4-10,12-13,22H,3,11H2,1-2H3,(H,23,24). The Bertz CT molecular complexity index is 856. The van der Waals surface area contributed by atoms with Crippen molar-refractivity contribution in [1.82, 2.24) is 10.3 Å². The summed E-state index contributed by atoms with van der Waals surface area (Å²) in [4.78, 5) is 15.7. The van der Waals surface area contributed by atoms with E-state index in [2.05, 4.69) is 10.3 Å². The van der Waals surface area contributed by atoms with Crippen LogP contribution in [0.4, 0.5) is 4.39 Å². The highest BCUT2D eigenvalue weighted by molar-refractivity contribution is 5.89. The third kappa shape index (κ3) is 3.18. The fraction of sp³-hybridized carbons (Fsp3) is 0.250.